The average molecular weight is 400 g/mol. The van der Waals surface area contributed by atoms with E-state index >= 15 is 0 Å². The summed E-state index contributed by atoms with van der Waals surface area (Å²) in [6, 6.07) is 4.18. The molecule has 0 bridgehead atoms. The van der Waals surface area contributed by atoms with Gasteiger partial charge >= 0.3 is 0 Å². The summed E-state index contributed by atoms with van der Waals surface area (Å²) in [5.74, 6) is 2.59. The van der Waals surface area contributed by atoms with E-state index in [2.05, 4.69) is 38.7 Å². The molecule has 1 aliphatic rings. The molecule has 1 fully saturated rings. The average Bonchev–Trinajstić information content (AvgIpc) is 3.12. The van der Waals surface area contributed by atoms with Gasteiger partial charge in [0.2, 0.25) is 0 Å². The first-order valence-electron chi connectivity index (χ1n) is 9.52. The Labute approximate surface area is 167 Å². The molecule has 1 saturated heterocycles. The lowest BCUT2D eigenvalue weighted by Gasteiger charge is -2.29. The number of rotatable bonds is 5. The van der Waals surface area contributed by atoms with Gasteiger partial charge in [-0.05, 0) is 32.8 Å². The van der Waals surface area contributed by atoms with Crippen LogP contribution < -0.4 is 5.32 Å². The Morgan fingerprint density at radius 2 is 1.96 bits per heavy atom. The Bertz CT molecular complexity index is 995. The molecule has 0 radical (unpaired) electrons. The first-order chi connectivity index (χ1) is 13.5. The molecule has 0 spiro atoms. The maximum atomic E-state index is 11.6. The maximum absolute atomic E-state index is 11.6. The number of aromatic nitrogens is 5. The molecule has 148 valence electrons. The molecule has 9 heteroatoms. The molecular weight excluding hydrogens is 374 g/mol. The summed E-state index contributed by atoms with van der Waals surface area (Å²) < 4.78 is 15.7. The third-order valence-electron chi connectivity index (χ3n) is 5.13. The van der Waals surface area contributed by atoms with Gasteiger partial charge in [0.25, 0.3) is 0 Å². The molecule has 0 amide bonds. The minimum Gasteiger partial charge on any atom is -0.328 e. The van der Waals surface area contributed by atoms with Gasteiger partial charge in [-0.3, -0.25) is 0 Å². The predicted molar refractivity (Wildman–Crippen MR) is 111 cm³/mol. The first-order valence-corrected chi connectivity index (χ1v) is 11.0. The highest BCUT2D eigenvalue weighted by Crippen LogP contribution is 2.27. The van der Waals surface area contributed by atoms with Gasteiger partial charge in [-0.15, -0.1) is 0 Å². The van der Waals surface area contributed by atoms with Gasteiger partial charge < -0.3 is 9.88 Å². The fourth-order valence-electron chi connectivity index (χ4n) is 3.55. The summed E-state index contributed by atoms with van der Waals surface area (Å²) in [5, 5.41) is 3.30. The third kappa shape index (κ3) is 3.90. The SMILES string of the molecule is CC(C)n1cnc2cnc(Nc3ccnc(C4CCN(S(C)=O)CC4)n3)cc21. The molecule has 4 heterocycles. The number of anilines is 2. The molecule has 1 atom stereocenters. The quantitative estimate of drug-likeness (QED) is 0.709. The molecule has 4 rings (SSSR count). The smallest absolute Gasteiger partial charge is 0.135 e. The van der Waals surface area contributed by atoms with E-state index in [-0.39, 0.29) is 0 Å². The van der Waals surface area contributed by atoms with Crippen molar-refractivity contribution in [2.45, 2.75) is 38.6 Å². The number of pyridine rings is 1. The van der Waals surface area contributed by atoms with E-state index in [1.165, 1.54) is 0 Å². The van der Waals surface area contributed by atoms with E-state index < -0.39 is 11.0 Å². The lowest BCUT2D eigenvalue weighted by Crippen LogP contribution is -2.34. The number of hydrogen-bond donors (Lipinski definition) is 1. The van der Waals surface area contributed by atoms with E-state index in [1.807, 2.05) is 22.8 Å². The Hall–Kier alpha value is -2.39. The van der Waals surface area contributed by atoms with Crippen molar-refractivity contribution in [1.82, 2.24) is 28.8 Å². The van der Waals surface area contributed by atoms with Crippen molar-refractivity contribution < 1.29 is 4.21 Å². The van der Waals surface area contributed by atoms with Gasteiger partial charge in [0.05, 0.1) is 29.0 Å². The van der Waals surface area contributed by atoms with Gasteiger partial charge in [0.15, 0.2) is 0 Å². The normalized spacial score (nSPS) is 17.3. The van der Waals surface area contributed by atoms with Crippen molar-refractivity contribution in [1.29, 1.82) is 0 Å². The largest absolute Gasteiger partial charge is 0.328 e. The number of piperidine rings is 1. The van der Waals surface area contributed by atoms with Gasteiger partial charge in [-0.25, -0.2) is 28.5 Å². The van der Waals surface area contributed by atoms with E-state index in [1.54, 1.807) is 18.6 Å². The molecular formula is C19H25N7OS. The third-order valence-corrected chi connectivity index (χ3v) is 6.22. The zero-order valence-electron chi connectivity index (χ0n) is 16.4. The van der Waals surface area contributed by atoms with Crippen LogP contribution in [0.3, 0.4) is 0 Å². The highest BCUT2D eigenvalue weighted by Gasteiger charge is 2.24. The van der Waals surface area contributed by atoms with Gasteiger partial charge in [0, 0.05) is 43.6 Å². The number of hydrogen-bond acceptors (Lipinski definition) is 6. The zero-order chi connectivity index (χ0) is 19.7. The molecule has 28 heavy (non-hydrogen) atoms. The molecule has 8 nitrogen and oxygen atoms in total. The molecule has 3 aromatic heterocycles. The Morgan fingerprint density at radius 1 is 1.18 bits per heavy atom. The van der Waals surface area contributed by atoms with E-state index in [4.69, 9.17) is 4.98 Å². The van der Waals surface area contributed by atoms with Crippen LogP contribution >= 0.6 is 0 Å². The van der Waals surface area contributed by atoms with Gasteiger partial charge in [0.1, 0.15) is 23.0 Å². The van der Waals surface area contributed by atoms with Crippen LogP contribution in [0.1, 0.15) is 44.5 Å². The zero-order valence-corrected chi connectivity index (χ0v) is 17.2. The second kappa shape index (κ2) is 7.92. The van der Waals surface area contributed by atoms with Crippen molar-refractivity contribution in [3.63, 3.8) is 0 Å². The van der Waals surface area contributed by atoms with Crippen molar-refractivity contribution in [3.05, 3.63) is 36.7 Å². The fourth-order valence-corrected chi connectivity index (χ4v) is 4.28. The van der Waals surface area contributed by atoms with Crippen molar-refractivity contribution >= 4 is 33.7 Å². The molecule has 1 unspecified atom stereocenters. The topological polar surface area (TPSA) is 88.8 Å². The first kappa shape index (κ1) is 18.9. The van der Waals surface area contributed by atoms with Crippen molar-refractivity contribution in [3.8, 4) is 0 Å². The molecule has 0 aliphatic carbocycles. The summed E-state index contributed by atoms with van der Waals surface area (Å²) in [7, 11) is -0.903. The Kier molecular flexibility index (Phi) is 5.36. The van der Waals surface area contributed by atoms with Crippen LogP contribution in [0.2, 0.25) is 0 Å². The summed E-state index contributed by atoms with van der Waals surface area (Å²) in [5.41, 5.74) is 1.92. The van der Waals surface area contributed by atoms with Crippen molar-refractivity contribution in [2.24, 2.45) is 0 Å². The van der Waals surface area contributed by atoms with Crippen LogP contribution in [0.4, 0.5) is 11.6 Å². The second-order valence-electron chi connectivity index (χ2n) is 7.36. The molecule has 0 aromatic carbocycles. The van der Waals surface area contributed by atoms with Gasteiger partial charge in [-0.1, -0.05) is 0 Å². The van der Waals surface area contributed by atoms with E-state index in [0.717, 1.165) is 54.4 Å². The second-order valence-corrected chi connectivity index (χ2v) is 8.72. The molecule has 3 aromatic rings. The number of fused-ring (bicyclic) bond motifs is 1. The van der Waals surface area contributed by atoms with Crippen LogP contribution in [0.5, 0.6) is 0 Å². The van der Waals surface area contributed by atoms with E-state index in [9.17, 15) is 4.21 Å². The van der Waals surface area contributed by atoms with Crippen LogP contribution in [-0.4, -0.2) is 52.4 Å². The monoisotopic (exact) mass is 399 g/mol. The summed E-state index contributed by atoms with van der Waals surface area (Å²) in [4.78, 5) is 18.0. The summed E-state index contributed by atoms with van der Waals surface area (Å²) in [6.45, 7) is 5.88. The fraction of sp³-hybridized carbons (Fsp3) is 0.474. The summed E-state index contributed by atoms with van der Waals surface area (Å²) in [6.07, 6.45) is 8.97. The molecule has 1 N–H and O–H groups in total. The number of nitrogens with one attached hydrogen (secondary N) is 1. The van der Waals surface area contributed by atoms with E-state index in [0.29, 0.717) is 12.0 Å². The minimum absolute atomic E-state index is 0.291. The Balaban J connectivity index is 1.52. The lowest BCUT2D eigenvalue weighted by atomic mass is 9.97. The highest BCUT2D eigenvalue weighted by molar-refractivity contribution is 7.81. The predicted octanol–water partition coefficient (Wildman–Crippen LogP) is 3.02. The molecule has 0 saturated carbocycles. The summed E-state index contributed by atoms with van der Waals surface area (Å²) >= 11 is 0. The maximum Gasteiger partial charge on any atom is 0.135 e. The minimum atomic E-state index is -0.903. The standard InChI is InChI=1S/C19H25N7OS/c1-13(2)26-12-22-15-11-21-18(10-16(15)26)23-17-4-7-20-19(24-17)14-5-8-25(9-6-14)28(3)27/h4,7,10-14H,5-6,8-9H2,1-3H3,(H,20,21,23,24). The Morgan fingerprint density at radius 3 is 2.68 bits per heavy atom. The number of nitrogens with zero attached hydrogens (tertiary/aromatic N) is 6. The van der Waals surface area contributed by atoms with Crippen molar-refractivity contribution in [2.75, 3.05) is 24.7 Å². The lowest BCUT2D eigenvalue weighted by molar-refractivity contribution is 0.328. The van der Waals surface area contributed by atoms with Crippen LogP contribution in [0.15, 0.2) is 30.9 Å². The van der Waals surface area contributed by atoms with Crippen LogP contribution in [0, 0.1) is 0 Å². The van der Waals surface area contributed by atoms with Crippen LogP contribution in [0.25, 0.3) is 11.0 Å². The van der Waals surface area contributed by atoms with Crippen LogP contribution in [-0.2, 0) is 11.0 Å². The number of imidazole rings is 1. The molecule has 1 aliphatic heterocycles. The highest BCUT2D eigenvalue weighted by atomic mass is 32.2. The van der Waals surface area contributed by atoms with Gasteiger partial charge in [-0.2, -0.15) is 0 Å².